The zero-order valence-electron chi connectivity index (χ0n) is 28.5. The largest absolute Gasteiger partial charge is 0.493 e. The molecular weight excluding hydrogens is 682 g/mol. The maximum Gasteiger partial charge on any atom is 0.343 e. The molecule has 1 atom stereocenters. The van der Waals surface area contributed by atoms with Crippen LogP contribution in [-0.4, -0.2) is 55.5 Å². The number of fused-ring (bicyclic) bond motifs is 1. The predicted octanol–water partition coefficient (Wildman–Crippen LogP) is 4.24. The Balaban J connectivity index is 1.61. The number of benzene rings is 3. The van der Waals surface area contributed by atoms with Crippen molar-refractivity contribution < 1.29 is 42.9 Å². The van der Waals surface area contributed by atoms with Crippen molar-refractivity contribution >= 4 is 35.0 Å². The van der Waals surface area contributed by atoms with Crippen molar-refractivity contribution in [2.45, 2.75) is 33.4 Å². The number of hydrogen-bond donors (Lipinski definition) is 0. The zero-order chi connectivity index (χ0) is 36.7. The monoisotopic (exact) mass is 717 g/mol. The first-order valence-electron chi connectivity index (χ1n) is 15.8. The molecule has 0 amide bonds. The fourth-order valence-electron chi connectivity index (χ4n) is 5.36. The number of nitrogens with zero attached hydrogens (tertiary/aromatic N) is 3. The minimum Gasteiger partial charge on any atom is -0.493 e. The number of hydrogen-bond acceptors (Lipinski definition) is 13. The van der Waals surface area contributed by atoms with Gasteiger partial charge in [0, 0.05) is 17.7 Å². The van der Waals surface area contributed by atoms with E-state index in [2.05, 4.69) is 9.73 Å². The summed E-state index contributed by atoms with van der Waals surface area (Å²) in [7, 11) is 2.75. The quantitative estimate of drug-likeness (QED) is 0.104. The van der Waals surface area contributed by atoms with E-state index in [9.17, 15) is 24.5 Å². The lowest BCUT2D eigenvalue weighted by molar-refractivity contribution is -0.384. The zero-order valence-corrected chi connectivity index (χ0v) is 29.3. The molecule has 1 aromatic heterocycles. The summed E-state index contributed by atoms with van der Waals surface area (Å²) >= 11 is 1.13. The number of non-ortho nitro benzene ring substituents is 1. The summed E-state index contributed by atoms with van der Waals surface area (Å²) in [5, 5.41) is 11.1. The van der Waals surface area contributed by atoms with Crippen molar-refractivity contribution in [2.75, 3.05) is 34.0 Å². The summed E-state index contributed by atoms with van der Waals surface area (Å²) in [5.74, 6) is 0.133. The van der Waals surface area contributed by atoms with Crippen LogP contribution in [0.1, 0.15) is 43.5 Å². The van der Waals surface area contributed by atoms with Gasteiger partial charge >= 0.3 is 11.9 Å². The van der Waals surface area contributed by atoms with Crippen molar-refractivity contribution in [3.05, 3.63) is 118 Å². The second-order valence-corrected chi connectivity index (χ2v) is 11.9. The van der Waals surface area contributed by atoms with Crippen molar-refractivity contribution in [3.63, 3.8) is 0 Å². The molecule has 1 aliphatic heterocycles. The first-order chi connectivity index (χ1) is 24.6. The molecule has 15 heteroatoms. The molecule has 5 rings (SSSR count). The van der Waals surface area contributed by atoms with Crippen molar-refractivity contribution in [3.8, 4) is 23.0 Å². The van der Waals surface area contributed by atoms with Crippen LogP contribution in [0.3, 0.4) is 0 Å². The van der Waals surface area contributed by atoms with Crippen LogP contribution < -0.4 is 33.8 Å². The third-order valence-electron chi connectivity index (χ3n) is 7.72. The molecule has 1 aliphatic rings. The molecule has 14 nitrogen and oxygen atoms in total. The normalized spacial score (nSPS) is 13.9. The summed E-state index contributed by atoms with van der Waals surface area (Å²) < 4.78 is 35.0. The number of esters is 2. The van der Waals surface area contributed by atoms with Gasteiger partial charge in [-0.3, -0.25) is 19.5 Å². The Kier molecular flexibility index (Phi) is 11.5. The van der Waals surface area contributed by atoms with E-state index in [-0.39, 0.29) is 43.4 Å². The lowest BCUT2D eigenvalue weighted by Crippen LogP contribution is -2.40. The van der Waals surface area contributed by atoms with Gasteiger partial charge in [0.05, 0.1) is 54.2 Å². The molecule has 2 heterocycles. The summed E-state index contributed by atoms with van der Waals surface area (Å²) in [4.78, 5) is 55.1. The first kappa shape index (κ1) is 36.3. The maximum absolute atomic E-state index is 14.3. The Bertz CT molecular complexity index is 2170. The fourth-order valence-corrected chi connectivity index (χ4v) is 6.39. The third kappa shape index (κ3) is 7.94. The van der Waals surface area contributed by atoms with Gasteiger partial charge in [-0.15, -0.1) is 0 Å². The Morgan fingerprint density at radius 2 is 1.75 bits per heavy atom. The molecule has 4 aromatic rings. The van der Waals surface area contributed by atoms with Crippen LogP contribution in [0, 0.1) is 10.1 Å². The molecule has 0 unspecified atom stereocenters. The van der Waals surface area contributed by atoms with Gasteiger partial charge in [0.15, 0.2) is 34.4 Å². The molecule has 0 saturated carbocycles. The van der Waals surface area contributed by atoms with Crippen molar-refractivity contribution in [2.24, 2.45) is 4.99 Å². The van der Waals surface area contributed by atoms with Crippen LogP contribution in [-0.2, 0) is 25.7 Å². The fraction of sp³-hybridized carbons (Fsp3) is 0.278. The van der Waals surface area contributed by atoms with Crippen molar-refractivity contribution in [1.82, 2.24) is 4.57 Å². The molecule has 51 heavy (non-hydrogen) atoms. The lowest BCUT2D eigenvalue weighted by Gasteiger charge is -2.25. The summed E-state index contributed by atoms with van der Waals surface area (Å²) in [5.41, 5.74) is 1.83. The Morgan fingerprint density at radius 3 is 2.41 bits per heavy atom. The molecule has 0 N–H and O–H groups in total. The second-order valence-electron chi connectivity index (χ2n) is 10.9. The van der Waals surface area contributed by atoms with E-state index >= 15 is 0 Å². The number of ether oxygens (including phenoxy) is 6. The number of carbonyl (C=O) groups is 2. The van der Waals surface area contributed by atoms with E-state index in [1.165, 1.54) is 30.9 Å². The predicted molar refractivity (Wildman–Crippen MR) is 186 cm³/mol. The van der Waals surface area contributed by atoms with Gasteiger partial charge in [0.1, 0.15) is 6.61 Å². The van der Waals surface area contributed by atoms with Gasteiger partial charge in [-0.1, -0.05) is 29.5 Å². The highest BCUT2D eigenvalue weighted by molar-refractivity contribution is 7.07. The molecule has 0 bridgehead atoms. The minimum atomic E-state index is -0.945. The van der Waals surface area contributed by atoms with E-state index in [0.29, 0.717) is 49.0 Å². The SMILES string of the molecule is CCOC(=O)C1=C(C)N=c2s/c(=C/c3cccc(OC)c3OCc3ccc([N+](=O)[O-])cc3)c(=O)n2[C@@H]1c1ccc(OCC(=O)OC)c(OCC)c1. The number of para-hydroxylation sites is 1. The number of nitro benzene ring substituents is 1. The van der Waals surface area contributed by atoms with E-state index in [4.69, 9.17) is 23.7 Å². The number of methoxy groups -OCH3 is 2. The van der Waals surface area contributed by atoms with Crippen LogP contribution in [0.15, 0.2) is 81.7 Å². The molecule has 3 aromatic carbocycles. The highest BCUT2D eigenvalue weighted by Gasteiger charge is 2.34. The molecular formula is C36H35N3O11S. The lowest BCUT2D eigenvalue weighted by atomic mass is 9.95. The smallest absolute Gasteiger partial charge is 0.343 e. The first-order valence-corrected chi connectivity index (χ1v) is 16.6. The number of carbonyl (C=O) groups excluding carboxylic acids is 2. The van der Waals surface area contributed by atoms with Gasteiger partial charge < -0.3 is 28.4 Å². The topological polar surface area (TPSA) is 167 Å². The summed E-state index contributed by atoms with van der Waals surface area (Å²) in [6.45, 7) is 5.27. The highest BCUT2D eigenvalue weighted by atomic mass is 32.1. The maximum atomic E-state index is 14.3. The molecule has 0 aliphatic carbocycles. The number of thiazole rings is 1. The van der Waals surface area contributed by atoms with Gasteiger partial charge in [-0.25, -0.2) is 14.6 Å². The second kappa shape index (κ2) is 16.2. The van der Waals surface area contributed by atoms with E-state index in [0.717, 1.165) is 11.3 Å². The standard InChI is InChI=1S/C36H35N3O11S/c1-6-47-28-17-23(13-16-26(28)49-20-30(40)46-5)32-31(35(42)48-7-2)21(3)37-36-38(32)34(41)29(51-36)18-24-9-8-10-27(45-4)33(24)50-19-22-11-14-25(15-12-22)39(43)44/h8-18,32H,6-7,19-20H2,1-5H3/b29-18+/t32-/m1/s1. The van der Waals surface area contributed by atoms with E-state index in [1.807, 2.05) is 0 Å². The summed E-state index contributed by atoms with van der Waals surface area (Å²) in [6, 6.07) is 15.2. The highest BCUT2D eigenvalue weighted by Crippen LogP contribution is 2.37. The van der Waals surface area contributed by atoms with Gasteiger partial charge in [0.25, 0.3) is 11.2 Å². The van der Waals surface area contributed by atoms with Gasteiger partial charge in [0.2, 0.25) is 0 Å². The average molecular weight is 718 g/mol. The number of allylic oxidation sites excluding steroid dienone is 1. The molecule has 0 fully saturated rings. The Morgan fingerprint density at radius 1 is 0.980 bits per heavy atom. The Labute approximate surface area is 295 Å². The van der Waals surface area contributed by atoms with Crippen LogP contribution >= 0.6 is 11.3 Å². The number of nitro groups is 1. The third-order valence-corrected chi connectivity index (χ3v) is 8.70. The summed E-state index contributed by atoms with van der Waals surface area (Å²) in [6.07, 6.45) is 1.66. The van der Waals surface area contributed by atoms with E-state index < -0.39 is 28.5 Å². The van der Waals surface area contributed by atoms with E-state index in [1.54, 1.807) is 75.4 Å². The molecule has 266 valence electrons. The average Bonchev–Trinajstić information content (AvgIpc) is 3.43. The number of aromatic nitrogens is 1. The van der Waals surface area contributed by atoms with Gasteiger partial charge in [-0.05, 0) is 68.3 Å². The van der Waals surface area contributed by atoms with Gasteiger partial charge in [-0.2, -0.15) is 0 Å². The molecule has 0 spiro atoms. The Hall–Kier alpha value is -5.96. The van der Waals surface area contributed by atoms with Crippen LogP contribution in [0.2, 0.25) is 0 Å². The van der Waals surface area contributed by atoms with Crippen LogP contribution in [0.4, 0.5) is 5.69 Å². The van der Waals surface area contributed by atoms with Crippen molar-refractivity contribution in [1.29, 1.82) is 0 Å². The van der Waals surface area contributed by atoms with Crippen LogP contribution in [0.5, 0.6) is 23.0 Å². The molecule has 0 saturated heterocycles. The van der Waals surface area contributed by atoms with Crippen LogP contribution in [0.25, 0.3) is 6.08 Å². The number of rotatable bonds is 14. The minimum absolute atomic E-state index is 0.0382. The molecule has 0 radical (unpaired) electrons.